The number of ether oxygens (including phenoxy) is 1. The van der Waals surface area contributed by atoms with Gasteiger partial charge in [-0.05, 0) is 24.6 Å². The van der Waals surface area contributed by atoms with Crippen molar-refractivity contribution in [3.63, 3.8) is 0 Å². The van der Waals surface area contributed by atoms with E-state index in [1.54, 1.807) is 7.11 Å². The van der Waals surface area contributed by atoms with Gasteiger partial charge in [0.1, 0.15) is 0 Å². The Hall–Kier alpha value is 0.137. The fraction of sp³-hybridized carbons (Fsp3) is 1.00. The lowest BCUT2D eigenvalue weighted by molar-refractivity contribution is 0.169. The van der Waals surface area contributed by atoms with E-state index in [4.69, 9.17) is 9.16 Å². The van der Waals surface area contributed by atoms with Crippen LogP contribution in [-0.4, -0.2) is 28.6 Å². The average Bonchev–Trinajstić information content (AvgIpc) is 2.20. The molecule has 0 amide bonds. The van der Waals surface area contributed by atoms with E-state index >= 15 is 0 Å². The first-order valence-electron chi connectivity index (χ1n) is 5.37. The van der Waals surface area contributed by atoms with E-state index < -0.39 is 8.32 Å². The maximum atomic E-state index is 6.04. The van der Waals surface area contributed by atoms with Gasteiger partial charge in [0.25, 0.3) is 0 Å². The molecule has 80 valence electrons. The van der Waals surface area contributed by atoms with Crippen LogP contribution in [0.4, 0.5) is 0 Å². The van der Waals surface area contributed by atoms with Crippen LogP contribution in [0.2, 0.25) is 18.1 Å². The predicted octanol–water partition coefficient (Wildman–Crippen LogP) is 3.04. The van der Waals surface area contributed by atoms with Gasteiger partial charge >= 0.3 is 0 Å². The lowest BCUT2D eigenvalue weighted by Crippen LogP contribution is -2.36. The highest BCUT2D eigenvalue weighted by molar-refractivity contribution is 6.73. The molecule has 0 aliphatic carbocycles. The van der Waals surface area contributed by atoms with E-state index in [-0.39, 0.29) is 0 Å². The second-order valence-corrected chi connectivity index (χ2v) is 8.21. The zero-order valence-electron chi connectivity index (χ0n) is 9.56. The Kier molecular flexibility index (Phi) is 7.61. The molecule has 0 saturated heterocycles. The van der Waals surface area contributed by atoms with Crippen LogP contribution in [0.25, 0.3) is 0 Å². The zero-order chi connectivity index (χ0) is 10.2. The van der Waals surface area contributed by atoms with E-state index in [9.17, 15) is 0 Å². The standard InChI is InChI=1S/C10H24O2Si/c1-5-13(6-2,7-3)12-10-8-9-11-4/h5-10H2,1-4H3. The van der Waals surface area contributed by atoms with Crippen molar-refractivity contribution in [2.24, 2.45) is 0 Å². The van der Waals surface area contributed by atoms with E-state index in [1.165, 1.54) is 18.1 Å². The molecular weight excluding hydrogens is 180 g/mol. The number of rotatable bonds is 8. The summed E-state index contributed by atoms with van der Waals surface area (Å²) in [5.41, 5.74) is 0. The van der Waals surface area contributed by atoms with Gasteiger partial charge in [0.05, 0.1) is 0 Å². The Morgan fingerprint density at radius 3 is 1.85 bits per heavy atom. The molecule has 0 fully saturated rings. The van der Waals surface area contributed by atoms with Crippen LogP contribution >= 0.6 is 0 Å². The highest BCUT2D eigenvalue weighted by Crippen LogP contribution is 2.21. The minimum Gasteiger partial charge on any atom is -0.417 e. The molecule has 0 aliphatic heterocycles. The summed E-state index contributed by atoms with van der Waals surface area (Å²) < 4.78 is 11.0. The van der Waals surface area contributed by atoms with E-state index in [1.807, 2.05) is 0 Å². The smallest absolute Gasteiger partial charge is 0.191 e. The topological polar surface area (TPSA) is 18.5 Å². The largest absolute Gasteiger partial charge is 0.417 e. The van der Waals surface area contributed by atoms with Crippen LogP contribution in [0.5, 0.6) is 0 Å². The molecular formula is C10H24O2Si. The summed E-state index contributed by atoms with van der Waals surface area (Å²) in [4.78, 5) is 0. The number of hydrogen-bond acceptors (Lipinski definition) is 2. The Labute approximate surface area is 83.8 Å². The summed E-state index contributed by atoms with van der Waals surface area (Å²) in [6.07, 6.45) is 1.03. The van der Waals surface area contributed by atoms with Crippen molar-refractivity contribution in [3.05, 3.63) is 0 Å². The summed E-state index contributed by atoms with van der Waals surface area (Å²) in [6, 6.07) is 3.73. The molecule has 0 unspecified atom stereocenters. The molecule has 0 aliphatic rings. The second-order valence-electron chi connectivity index (χ2n) is 3.44. The molecule has 0 rings (SSSR count). The maximum absolute atomic E-state index is 6.04. The van der Waals surface area contributed by atoms with Crippen LogP contribution in [0, 0.1) is 0 Å². The van der Waals surface area contributed by atoms with Gasteiger partial charge in [0.15, 0.2) is 8.32 Å². The van der Waals surface area contributed by atoms with Gasteiger partial charge in [-0.3, -0.25) is 0 Å². The van der Waals surface area contributed by atoms with Gasteiger partial charge in [-0.2, -0.15) is 0 Å². The van der Waals surface area contributed by atoms with E-state index in [0.717, 1.165) is 19.6 Å². The number of methoxy groups -OCH3 is 1. The molecule has 13 heavy (non-hydrogen) atoms. The Balaban J connectivity index is 3.68. The molecule has 0 bridgehead atoms. The van der Waals surface area contributed by atoms with Crippen LogP contribution in [0.15, 0.2) is 0 Å². The molecule has 0 aromatic carbocycles. The molecule has 0 atom stereocenters. The van der Waals surface area contributed by atoms with Crippen molar-refractivity contribution in [2.75, 3.05) is 20.3 Å². The third-order valence-electron chi connectivity index (χ3n) is 2.83. The van der Waals surface area contributed by atoms with Crippen molar-refractivity contribution in [3.8, 4) is 0 Å². The van der Waals surface area contributed by atoms with E-state index in [2.05, 4.69) is 20.8 Å². The van der Waals surface area contributed by atoms with Crippen LogP contribution < -0.4 is 0 Å². The van der Waals surface area contributed by atoms with Crippen LogP contribution in [-0.2, 0) is 9.16 Å². The van der Waals surface area contributed by atoms with Crippen molar-refractivity contribution >= 4 is 8.32 Å². The van der Waals surface area contributed by atoms with Crippen molar-refractivity contribution in [1.82, 2.24) is 0 Å². The lowest BCUT2D eigenvalue weighted by Gasteiger charge is -2.27. The third kappa shape index (κ3) is 4.79. The minimum atomic E-state index is -1.32. The van der Waals surface area contributed by atoms with Gasteiger partial charge < -0.3 is 9.16 Å². The molecule has 0 spiro atoms. The first-order chi connectivity index (χ1) is 6.24. The van der Waals surface area contributed by atoms with Crippen molar-refractivity contribution in [2.45, 2.75) is 45.3 Å². The number of hydrogen-bond donors (Lipinski definition) is 0. The summed E-state index contributed by atoms with van der Waals surface area (Å²) >= 11 is 0. The van der Waals surface area contributed by atoms with E-state index in [0.29, 0.717) is 0 Å². The highest BCUT2D eigenvalue weighted by Gasteiger charge is 2.27. The molecule has 0 aromatic heterocycles. The van der Waals surface area contributed by atoms with Crippen molar-refractivity contribution in [1.29, 1.82) is 0 Å². The summed E-state index contributed by atoms with van der Waals surface area (Å²) in [7, 11) is 0.417. The minimum absolute atomic E-state index is 0.821. The normalized spacial score (nSPS) is 12.0. The molecule has 0 aromatic rings. The van der Waals surface area contributed by atoms with Gasteiger partial charge in [0.2, 0.25) is 0 Å². The maximum Gasteiger partial charge on any atom is 0.191 e. The Bertz CT molecular complexity index is 105. The predicted molar refractivity (Wildman–Crippen MR) is 59.6 cm³/mol. The SMILES string of the molecule is CC[Si](CC)(CC)OCCCOC. The van der Waals surface area contributed by atoms with Gasteiger partial charge in [0, 0.05) is 20.3 Å². The first kappa shape index (κ1) is 13.1. The van der Waals surface area contributed by atoms with Crippen LogP contribution in [0.3, 0.4) is 0 Å². The third-order valence-corrected chi connectivity index (χ3v) is 7.52. The summed E-state index contributed by atoms with van der Waals surface area (Å²) in [5.74, 6) is 0. The zero-order valence-corrected chi connectivity index (χ0v) is 10.6. The molecule has 0 heterocycles. The van der Waals surface area contributed by atoms with Crippen molar-refractivity contribution < 1.29 is 9.16 Å². The monoisotopic (exact) mass is 204 g/mol. The molecule has 0 saturated carbocycles. The quantitative estimate of drug-likeness (QED) is 0.447. The second kappa shape index (κ2) is 7.53. The first-order valence-corrected chi connectivity index (χ1v) is 7.90. The average molecular weight is 204 g/mol. The van der Waals surface area contributed by atoms with Gasteiger partial charge in [-0.15, -0.1) is 0 Å². The molecule has 2 nitrogen and oxygen atoms in total. The molecule has 0 radical (unpaired) electrons. The Morgan fingerprint density at radius 1 is 0.923 bits per heavy atom. The lowest BCUT2D eigenvalue weighted by atomic mass is 10.5. The molecule has 0 N–H and O–H groups in total. The fourth-order valence-electron chi connectivity index (χ4n) is 1.55. The fourth-order valence-corrected chi connectivity index (χ4v) is 4.24. The summed E-state index contributed by atoms with van der Waals surface area (Å²) in [5, 5.41) is 0. The Morgan fingerprint density at radius 2 is 1.46 bits per heavy atom. The summed E-state index contributed by atoms with van der Waals surface area (Å²) in [6.45, 7) is 8.48. The van der Waals surface area contributed by atoms with Gasteiger partial charge in [-0.1, -0.05) is 20.8 Å². The molecule has 3 heteroatoms. The highest BCUT2D eigenvalue weighted by atomic mass is 28.4. The van der Waals surface area contributed by atoms with Crippen LogP contribution in [0.1, 0.15) is 27.2 Å². The van der Waals surface area contributed by atoms with Gasteiger partial charge in [-0.25, -0.2) is 0 Å².